The summed E-state index contributed by atoms with van der Waals surface area (Å²) >= 11 is 1.24. The van der Waals surface area contributed by atoms with Gasteiger partial charge in [0, 0.05) is 11.4 Å². The molecule has 3 aromatic carbocycles. The standard InChI is InChI=1S/C31H33N3O4S/c1-21-10-9-11-22(2)28(21)33-29(36)31(18-7-4-8-19-31)34(23-14-16-24(37-3)17-15-23)27(35)20-39-30-32-25-12-5-6-13-26(25)38-30/h5-6,9-17H,4,7-8,18-20H2,1-3H3,(H,33,36). The molecule has 0 spiro atoms. The summed E-state index contributed by atoms with van der Waals surface area (Å²) in [6, 6.07) is 20.8. The zero-order valence-corrected chi connectivity index (χ0v) is 23.3. The number of carbonyl (C=O) groups is 2. The largest absolute Gasteiger partial charge is 0.497 e. The number of fused-ring (bicyclic) bond motifs is 1. The molecule has 5 rings (SSSR count). The van der Waals surface area contributed by atoms with E-state index >= 15 is 0 Å². The lowest BCUT2D eigenvalue weighted by molar-refractivity contribution is -0.127. The third kappa shape index (κ3) is 5.52. The predicted octanol–water partition coefficient (Wildman–Crippen LogP) is 6.92. The van der Waals surface area contributed by atoms with Crippen LogP contribution in [0.2, 0.25) is 0 Å². The van der Waals surface area contributed by atoms with Crippen LogP contribution < -0.4 is 15.0 Å². The van der Waals surface area contributed by atoms with Crippen LogP contribution in [0, 0.1) is 13.8 Å². The average molecular weight is 544 g/mol. The number of methoxy groups -OCH3 is 1. The Hall–Kier alpha value is -3.78. The molecule has 1 N–H and O–H groups in total. The Labute approximate surface area is 232 Å². The van der Waals surface area contributed by atoms with E-state index in [1.165, 1.54) is 11.8 Å². The van der Waals surface area contributed by atoms with Crippen LogP contribution in [-0.4, -0.2) is 35.2 Å². The Morgan fingerprint density at radius 3 is 2.33 bits per heavy atom. The normalized spacial score (nSPS) is 14.6. The first-order valence-corrected chi connectivity index (χ1v) is 14.2. The van der Waals surface area contributed by atoms with Crippen molar-refractivity contribution in [2.45, 2.75) is 56.7 Å². The molecule has 4 aromatic rings. The van der Waals surface area contributed by atoms with Crippen molar-refractivity contribution in [3.05, 3.63) is 77.9 Å². The third-order valence-electron chi connectivity index (χ3n) is 7.42. The number of para-hydroxylation sites is 3. The van der Waals surface area contributed by atoms with Gasteiger partial charge in [-0.3, -0.25) is 14.5 Å². The van der Waals surface area contributed by atoms with Gasteiger partial charge in [-0.1, -0.05) is 61.4 Å². The molecule has 0 unspecified atom stereocenters. The zero-order chi connectivity index (χ0) is 27.4. The smallest absolute Gasteiger partial charge is 0.257 e. The van der Waals surface area contributed by atoms with Crippen LogP contribution in [-0.2, 0) is 9.59 Å². The van der Waals surface area contributed by atoms with E-state index in [-0.39, 0.29) is 17.6 Å². The molecule has 2 amide bonds. The van der Waals surface area contributed by atoms with Crippen LogP contribution in [0.3, 0.4) is 0 Å². The number of carbonyl (C=O) groups excluding carboxylic acids is 2. The number of hydrogen-bond donors (Lipinski definition) is 1. The molecule has 202 valence electrons. The summed E-state index contributed by atoms with van der Waals surface area (Å²) in [5.74, 6) is 0.434. The predicted molar refractivity (Wildman–Crippen MR) is 156 cm³/mol. The number of aryl methyl sites for hydroxylation is 2. The van der Waals surface area contributed by atoms with Gasteiger partial charge in [-0.15, -0.1) is 0 Å². The molecule has 1 aromatic heterocycles. The molecule has 1 heterocycles. The maximum Gasteiger partial charge on any atom is 0.257 e. The number of rotatable bonds is 8. The zero-order valence-electron chi connectivity index (χ0n) is 22.5. The highest BCUT2D eigenvalue weighted by atomic mass is 32.2. The first-order chi connectivity index (χ1) is 18.9. The van der Waals surface area contributed by atoms with Gasteiger partial charge >= 0.3 is 0 Å². The molecule has 0 bridgehead atoms. The van der Waals surface area contributed by atoms with E-state index in [1.807, 2.05) is 80.6 Å². The van der Waals surface area contributed by atoms with Gasteiger partial charge in [0.25, 0.3) is 11.1 Å². The fraction of sp³-hybridized carbons (Fsp3) is 0.323. The van der Waals surface area contributed by atoms with Crippen LogP contribution in [0.15, 0.2) is 76.4 Å². The minimum atomic E-state index is -1.03. The molecule has 39 heavy (non-hydrogen) atoms. The second kappa shape index (κ2) is 11.5. The number of nitrogens with one attached hydrogen (secondary N) is 1. The number of hydrogen-bond acceptors (Lipinski definition) is 6. The Balaban J connectivity index is 1.50. The Bertz CT molecular complexity index is 1420. The van der Waals surface area contributed by atoms with Crippen LogP contribution in [0.4, 0.5) is 11.4 Å². The highest BCUT2D eigenvalue weighted by Gasteiger charge is 2.48. The molecule has 8 heteroatoms. The van der Waals surface area contributed by atoms with Crippen LogP contribution in [0.1, 0.15) is 43.2 Å². The quantitative estimate of drug-likeness (QED) is 0.243. The molecule has 0 atom stereocenters. The number of amides is 2. The van der Waals surface area contributed by atoms with Gasteiger partial charge in [0.1, 0.15) is 16.8 Å². The van der Waals surface area contributed by atoms with Crippen LogP contribution in [0.25, 0.3) is 11.1 Å². The van der Waals surface area contributed by atoms with Crippen molar-refractivity contribution >= 4 is 46.1 Å². The SMILES string of the molecule is COc1ccc(N(C(=O)CSc2nc3ccccc3o2)C2(C(=O)Nc3c(C)cccc3C)CCCCC2)cc1. The molecule has 1 fully saturated rings. The molecule has 7 nitrogen and oxygen atoms in total. The number of thioether (sulfide) groups is 1. The van der Waals surface area contributed by atoms with Gasteiger partial charge in [-0.2, -0.15) is 0 Å². The summed E-state index contributed by atoms with van der Waals surface area (Å²) in [7, 11) is 1.61. The fourth-order valence-corrected chi connectivity index (χ4v) is 6.08. The van der Waals surface area contributed by atoms with Gasteiger partial charge < -0.3 is 14.5 Å². The topological polar surface area (TPSA) is 84.7 Å². The number of oxazole rings is 1. The number of aromatic nitrogens is 1. The molecule has 0 aliphatic heterocycles. The van der Waals surface area contributed by atoms with E-state index in [4.69, 9.17) is 9.15 Å². The number of ether oxygens (including phenoxy) is 1. The summed E-state index contributed by atoms with van der Waals surface area (Å²) in [5, 5.41) is 3.64. The first-order valence-electron chi connectivity index (χ1n) is 13.2. The number of benzene rings is 3. The lowest BCUT2D eigenvalue weighted by atomic mass is 9.78. The first kappa shape index (κ1) is 26.8. The van der Waals surface area contributed by atoms with E-state index in [0.29, 0.717) is 35.1 Å². The monoisotopic (exact) mass is 543 g/mol. The van der Waals surface area contributed by atoms with Crippen LogP contribution >= 0.6 is 11.8 Å². The fourth-order valence-electron chi connectivity index (χ4n) is 5.39. The lowest BCUT2D eigenvalue weighted by Gasteiger charge is -2.45. The van der Waals surface area contributed by atoms with Gasteiger partial charge in [-0.05, 0) is 74.2 Å². The van der Waals surface area contributed by atoms with Crippen molar-refractivity contribution in [3.8, 4) is 5.75 Å². The molecule has 1 aliphatic carbocycles. The van der Waals surface area contributed by atoms with E-state index < -0.39 is 5.54 Å². The minimum Gasteiger partial charge on any atom is -0.497 e. The van der Waals surface area contributed by atoms with Gasteiger partial charge in [0.15, 0.2) is 5.58 Å². The summed E-state index contributed by atoms with van der Waals surface area (Å²) in [6.45, 7) is 3.97. The summed E-state index contributed by atoms with van der Waals surface area (Å²) < 4.78 is 11.2. The highest BCUT2D eigenvalue weighted by Crippen LogP contribution is 2.40. The Morgan fingerprint density at radius 2 is 1.67 bits per heavy atom. The Kier molecular flexibility index (Phi) is 7.93. The van der Waals surface area contributed by atoms with Crippen molar-refractivity contribution in [3.63, 3.8) is 0 Å². The Morgan fingerprint density at radius 1 is 0.974 bits per heavy atom. The maximum atomic E-state index is 14.3. The average Bonchev–Trinajstić information content (AvgIpc) is 3.38. The van der Waals surface area contributed by atoms with Crippen molar-refractivity contribution < 1.29 is 18.7 Å². The molecule has 1 aliphatic rings. The van der Waals surface area contributed by atoms with E-state index in [1.54, 1.807) is 12.0 Å². The van der Waals surface area contributed by atoms with Crippen molar-refractivity contribution in [2.75, 3.05) is 23.1 Å². The summed E-state index contributed by atoms with van der Waals surface area (Å²) in [5.41, 5.74) is 3.84. The highest BCUT2D eigenvalue weighted by molar-refractivity contribution is 7.99. The lowest BCUT2D eigenvalue weighted by Crippen LogP contribution is -2.61. The number of anilines is 2. The molecular formula is C31H33N3O4S. The second-order valence-corrected chi connectivity index (χ2v) is 10.9. The number of nitrogens with zero attached hydrogens (tertiary/aromatic N) is 2. The molecular weight excluding hydrogens is 510 g/mol. The van der Waals surface area contributed by atoms with Gasteiger partial charge in [0.05, 0.1) is 12.9 Å². The summed E-state index contributed by atoms with van der Waals surface area (Å²) in [4.78, 5) is 34.6. The van der Waals surface area contributed by atoms with Gasteiger partial charge in [-0.25, -0.2) is 4.98 Å². The van der Waals surface area contributed by atoms with E-state index in [0.717, 1.165) is 41.6 Å². The molecule has 0 radical (unpaired) electrons. The van der Waals surface area contributed by atoms with E-state index in [9.17, 15) is 9.59 Å². The van der Waals surface area contributed by atoms with Crippen molar-refractivity contribution in [2.24, 2.45) is 0 Å². The van der Waals surface area contributed by atoms with Crippen LogP contribution in [0.5, 0.6) is 5.75 Å². The van der Waals surface area contributed by atoms with Gasteiger partial charge in [0.2, 0.25) is 5.91 Å². The molecule has 1 saturated carbocycles. The second-order valence-electron chi connectivity index (χ2n) is 9.98. The molecule has 0 saturated heterocycles. The maximum absolute atomic E-state index is 14.3. The van der Waals surface area contributed by atoms with Crippen molar-refractivity contribution in [1.82, 2.24) is 4.98 Å². The van der Waals surface area contributed by atoms with Crippen molar-refractivity contribution in [1.29, 1.82) is 0 Å². The summed E-state index contributed by atoms with van der Waals surface area (Å²) in [6.07, 6.45) is 3.90. The minimum absolute atomic E-state index is 0.0806. The van der Waals surface area contributed by atoms with E-state index in [2.05, 4.69) is 10.3 Å². The third-order valence-corrected chi connectivity index (χ3v) is 8.24.